The van der Waals surface area contributed by atoms with Crippen molar-refractivity contribution in [3.63, 3.8) is 0 Å². The summed E-state index contributed by atoms with van der Waals surface area (Å²) in [4.78, 5) is 4.34. The van der Waals surface area contributed by atoms with Gasteiger partial charge in [-0.1, -0.05) is 24.4 Å². The van der Waals surface area contributed by atoms with E-state index in [1.54, 1.807) is 7.11 Å². The lowest BCUT2D eigenvalue weighted by atomic mass is 9.84. The lowest BCUT2D eigenvalue weighted by molar-refractivity contribution is 0.199. The molecule has 1 aliphatic rings. The van der Waals surface area contributed by atoms with Gasteiger partial charge in [0.05, 0.1) is 12.6 Å². The number of methoxy groups -OCH3 is 1. The number of hydrogen-bond donors (Lipinski definition) is 1. The normalized spacial score (nSPS) is 19.4. The Balaban J connectivity index is 1.93. The lowest BCUT2D eigenvalue weighted by Gasteiger charge is -2.24. The fourth-order valence-corrected chi connectivity index (χ4v) is 2.39. The average Bonchev–Trinajstić information content (AvgIpc) is 2.85. The van der Waals surface area contributed by atoms with Gasteiger partial charge in [-0.3, -0.25) is 0 Å². The number of ether oxygens (including phenoxy) is 1. The van der Waals surface area contributed by atoms with Crippen LogP contribution in [0, 0.1) is 5.92 Å². The molecule has 0 bridgehead atoms. The third-order valence-electron chi connectivity index (χ3n) is 3.46. The third-order valence-corrected chi connectivity index (χ3v) is 3.46. The van der Waals surface area contributed by atoms with Crippen molar-refractivity contribution in [1.29, 1.82) is 0 Å². The van der Waals surface area contributed by atoms with Gasteiger partial charge < -0.3 is 15.0 Å². The maximum Gasteiger partial charge on any atom is 0.243 e. The number of rotatable bonds is 5. The van der Waals surface area contributed by atoms with Crippen LogP contribution in [0.1, 0.15) is 49.9 Å². The summed E-state index contributed by atoms with van der Waals surface area (Å²) in [6, 6.07) is -0.0981. The zero-order chi connectivity index (χ0) is 12.1. The fraction of sp³-hybridized carbons (Fsp3) is 0.833. The van der Waals surface area contributed by atoms with Crippen LogP contribution in [0.3, 0.4) is 0 Å². The molecule has 1 fully saturated rings. The van der Waals surface area contributed by atoms with Gasteiger partial charge >= 0.3 is 0 Å². The van der Waals surface area contributed by atoms with E-state index in [2.05, 4.69) is 10.1 Å². The highest BCUT2D eigenvalue weighted by molar-refractivity contribution is 4.95. The number of hydrogen-bond acceptors (Lipinski definition) is 5. The summed E-state index contributed by atoms with van der Waals surface area (Å²) in [5.41, 5.74) is 6.18. The summed E-state index contributed by atoms with van der Waals surface area (Å²) in [6.45, 7) is 0.609. The van der Waals surface area contributed by atoms with Crippen LogP contribution in [-0.4, -0.2) is 23.9 Å². The summed E-state index contributed by atoms with van der Waals surface area (Å²) < 4.78 is 10.2. The maximum atomic E-state index is 6.18. The zero-order valence-corrected chi connectivity index (χ0v) is 10.4. The van der Waals surface area contributed by atoms with E-state index in [-0.39, 0.29) is 6.04 Å². The topological polar surface area (TPSA) is 74.2 Å². The second-order valence-corrected chi connectivity index (χ2v) is 4.72. The van der Waals surface area contributed by atoms with Gasteiger partial charge in [0.25, 0.3) is 0 Å². The van der Waals surface area contributed by atoms with Crippen LogP contribution in [0.2, 0.25) is 0 Å². The number of nitrogens with zero attached hydrogens (tertiary/aromatic N) is 2. The first-order valence-electron chi connectivity index (χ1n) is 6.38. The van der Waals surface area contributed by atoms with Gasteiger partial charge in [0.15, 0.2) is 5.82 Å². The van der Waals surface area contributed by atoms with Crippen LogP contribution in [-0.2, 0) is 11.2 Å². The molecule has 2 rings (SSSR count). The van der Waals surface area contributed by atoms with E-state index in [0.29, 0.717) is 30.7 Å². The van der Waals surface area contributed by atoms with Gasteiger partial charge in [0, 0.05) is 13.5 Å². The minimum atomic E-state index is -0.0981. The Morgan fingerprint density at radius 3 is 2.88 bits per heavy atom. The molecule has 0 amide bonds. The summed E-state index contributed by atoms with van der Waals surface area (Å²) in [5, 5.41) is 3.92. The second kappa shape index (κ2) is 6.12. The van der Waals surface area contributed by atoms with E-state index < -0.39 is 0 Å². The molecule has 1 saturated carbocycles. The fourth-order valence-electron chi connectivity index (χ4n) is 2.39. The first kappa shape index (κ1) is 12.5. The predicted octanol–water partition coefficient (Wildman–Crippen LogP) is 1.84. The molecule has 1 aliphatic carbocycles. The Hall–Kier alpha value is -0.940. The van der Waals surface area contributed by atoms with E-state index in [9.17, 15) is 0 Å². The van der Waals surface area contributed by atoms with Crippen molar-refractivity contribution in [2.24, 2.45) is 11.7 Å². The molecule has 0 saturated heterocycles. The third kappa shape index (κ3) is 3.26. The van der Waals surface area contributed by atoms with Gasteiger partial charge in [-0.2, -0.15) is 4.98 Å². The quantitative estimate of drug-likeness (QED) is 0.848. The largest absolute Gasteiger partial charge is 0.384 e. The summed E-state index contributed by atoms with van der Waals surface area (Å²) in [7, 11) is 1.66. The van der Waals surface area contributed by atoms with Crippen molar-refractivity contribution >= 4 is 0 Å². The van der Waals surface area contributed by atoms with Crippen molar-refractivity contribution in [2.75, 3.05) is 13.7 Å². The Morgan fingerprint density at radius 1 is 1.41 bits per heavy atom. The second-order valence-electron chi connectivity index (χ2n) is 4.72. The molecule has 1 unspecified atom stereocenters. The van der Waals surface area contributed by atoms with Crippen LogP contribution < -0.4 is 5.73 Å². The van der Waals surface area contributed by atoms with Gasteiger partial charge in [0.1, 0.15) is 0 Å². The van der Waals surface area contributed by atoms with Crippen molar-refractivity contribution in [1.82, 2.24) is 10.1 Å². The maximum absolute atomic E-state index is 6.18. The van der Waals surface area contributed by atoms with E-state index in [0.717, 1.165) is 0 Å². The van der Waals surface area contributed by atoms with Gasteiger partial charge in [-0.05, 0) is 18.8 Å². The van der Waals surface area contributed by atoms with Crippen LogP contribution in [0.5, 0.6) is 0 Å². The molecule has 1 heterocycles. The molecule has 1 aromatic heterocycles. The van der Waals surface area contributed by atoms with Crippen LogP contribution in [0.25, 0.3) is 0 Å². The van der Waals surface area contributed by atoms with E-state index in [4.69, 9.17) is 15.0 Å². The molecule has 96 valence electrons. The molecule has 1 aromatic rings. The van der Waals surface area contributed by atoms with Crippen molar-refractivity contribution in [3.8, 4) is 0 Å². The van der Waals surface area contributed by atoms with E-state index >= 15 is 0 Å². The molecule has 5 heteroatoms. The Morgan fingerprint density at radius 2 is 2.18 bits per heavy atom. The van der Waals surface area contributed by atoms with Crippen molar-refractivity contribution in [3.05, 3.63) is 11.7 Å². The van der Waals surface area contributed by atoms with Crippen LogP contribution >= 0.6 is 0 Å². The summed E-state index contributed by atoms with van der Waals surface area (Å²) >= 11 is 0. The average molecular weight is 239 g/mol. The minimum Gasteiger partial charge on any atom is -0.384 e. The van der Waals surface area contributed by atoms with Crippen LogP contribution in [0.15, 0.2) is 4.52 Å². The monoisotopic (exact) mass is 239 g/mol. The van der Waals surface area contributed by atoms with Crippen molar-refractivity contribution in [2.45, 2.75) is 44.6 Å². The molecule has 0 spiro atoms. The zero-order valence-electron chi connectivity index (χ0n) is 10.4. The number of nitrogens with two attached hydrogens (primary N) is 1. The van der Waals surface area contributed by atoms with Crippen molar-refractivity contribution < 1.29 is 9.26 Å². The smallest absolute Gasteiger partial charge is 0.243 e. The van der Waals surface area contributed by atoms with Gasteiger partial charge in [-0.25, -0.2) is 0 Å². The highest BCUT2D eigenvalue weighted by atomic mass is 16.5. The molecule has 17 heavy (non-hydrogen) atoms. The Bertz CT molecular complexity index is 334. The molecule has 0 aliphatic heterocycles. The SMILES string of the molecule is COCCc1noc(C(N)C2CCCCC2)n1. The molecular formula is C12H21N3O2. The highest BCUT2D eigenvalue weighted by Gasteiger charge is 2.26. The Labute approximate surface area is 102 Å². The highest BCUT2D eigenvalue weighted by Crippen LogP contribution is 2.32. The molecule has 5 nitrogen and oxygen atoms in total. The van der Waals surface area contributed by atoms with Gasteiger partial charge in [-0.15, -0.1) is 0 Å². The summed E-state index contributed by atoms with van der Waals surface area (Å²) in [6.07, 6.45) is 6.89. The molecule has 1 atom stereocenters. The Kier molecular flexibility index (Phi) is 4.50. The predicted molar refractivity (Wildman–Crippen MR) is 63.4 cm³/mol. The first-order chi connectivity index (χ1) is 8.31. The number of aromatic nitrogens is 2. The van der Waals surface area contributed by atoms with Gasteiger partial charge in [0.2, 0.25) is 5.89 Å². The summed E-state index contributed by atoms with van der Waals surface area (Å²) in [5.74, 6) is 1.77. The molecular weight excluding hydrogens is 218 g/mol. The first-order valence-corrected chi connectivity index (χ1v) is 6.38. The van der Waals surface area contributed by atoms with E-state index in [1.807, 2.05) is 0 Å². The van der Waals surface area contributed by atoms with E-state index in [1.165, 1.54) is 32.1 Å². The standard InChI is InChI=1S/C12H21N3O2/c1-16-8-7-10-14-12(17-15-10)11(13)9-5-3-2-4-6-9/h9,11H,2-8,13H2,1H3. The van der Waals surface area contributed by atoms with Crippen LogP contribution in [0.4, 0.5) is 0 Å². The molecule has 0 aromatic carbocycles. The molecule has 0 radical (unpaired) electrons. The lowest BCUT2D eigenvalue weighted by Crippen LogP contribution is -2.23. The molecule has 2 N–H and O–H groups in total. The minimum absolute atomic E-state index is 0.0981.